The first-order chi connectivity index (χ1) is 12.9. The number of nitrogens with zero attached hydrogens (tertiary/aromatic N) is 1. The molecule has 1 aliphatic heterocycles. The minimum atomic E-state index is -3.53. The third-order valence-electron chi connectivity index (χ3n) is 4.86. The molecule has 2 aromatic carbocycles. The third kappa shape index (κ3) is 4.51. The minimum absolute atomic E-state index is 0.00217. The van der Waals surface area contributed by atoms with Gasteiger partial charge in [-0.1, -0.05) is 36.2 Å². The molecule has 144 valence electrons. The molecule has 0 aromatic heterocycles. The Morgan fingerprint density at radius 1 is 1.15 bits per heavy atom. The quantitative estimate of drug-likeness (QED) is 0.820. The van der Waals surface area contributed by atoms with Crippen molar-refractivity contribution in [2.45, 2.75) is 43.7 Å². The first kappa shape index (κ1) is 19.9. The Labute approximate surface area is 165 Å². The largest absolute Gasteiger partial charge is 0.348 e. The maximum Gasteiger partial charge on any atom is 0.251 e. The van der Waals surface area contributed by atoms with Gasteiger partial charge in [0.2, 0.25) is 10.0 Å². The Balaban J connectivity index is 1.69. The Bertz CT molecular complexity index is 913. The molecule has 1 aliphatic rings. The first-order valence-electron chi connectivity index (χ1n) is 9.03. The van der Waals surface area contributed by atoms with Crippen LogP contribution in [0, 0.1) is 0 Å². The van der Waals surface area contributed by atoms with Gasteiger partial charge in [-0.05, 0) is 55.7 Å². The number of sulfonamides is 1. The maximum absolute atomic E-state index is 12.8. The van der Waals surface area contributed by atoms with Crippen LogP contribution < -0.4 is 5.32 Å². The molecule has 1 saturated heterocycles. The van der Waals surface area contributed by atoms with Gasteiger partial charge in [0.1, 0.15) is 0 Å². The second kappa shape index (κ2) is 8.42. The molecule has 2 aromatic rings. The van der Waals surface area contributed by atoms with Gasteiger partial charge in [0.25, 0.3) is 5.91 Å². The number of hydrogen-bond acceptors (Lipinski definition) is 3. The van der Waals surface area contributed by atoms with Gasteiger partial charge in [0.15, 0.2) is 0 Å². The second-order valence-corrected chi connectivity index (χ2v) is 9.06. The molecule has 0 spiro atoms. The molecule has 3 rings (SSSR count). The standard InChI is InChI=1S/C20H23ClN2O3S/c1-15-6-4-5-13-23(15)27(25,26)18-11-9-16(10-12-18)20(24)22-14-17-7-2-3-8-19(17)21/h2-3,7-12,15H,4-6,13-14H2,1H3,(H,22,24). The lowest BCUT2D eigenvalue weighted by Crippen LogP contribution is -2.41. The van der Waals surface area contributed by atoms with Crippen molar-refractivity contribution >= 4 is 27.5 Å². The molecule has 27 heavy (non-hydrogen) atoms. The maximum atomic E-state index is 12.8. The lowest BCUT2D eigenvalue weighted by molar-refractivity contribution is 0.0951. The molecule has 0 radical (unpaired) electrons. The lowest BCUT2D eigenvalue weighted by atomic mass is 10.1. The molecule has 1 amide bonds. The van der Waals surface area contributed by atoms with E-state index >= 15 is 0 Å². The van der Waals surface area contributed by atoms with Crippen molar-refractivity contribution in [3.8, 4) is 0 Å². The van der Waals surface area contributed by atoms with Crippen molar-refractivity contribution < 1.29 is 13.2 Å². The number of hydrogen-bond donors (Lipinski definition) is 1. The minimum Gasteiger partial charge on any atom is -0.348 e. The van der Waals surface area contributed by atoms with E-state index in [1.165, 1.54) is 12.1 Å². The summed E-state index contributed by atoms with van der Waals surface area (Å²) < 4.78 is 27.2. The van der Waals surface area contributed by atoms with Crippen LogP contribution in [0.5, 0.6) is 0 Å². The van der Waals surface area contributed by atoms with Gasteiger partial charge in [0, 0.05) is 29.7 Å². The number of nitrogens with one attached hydrogen (secondary N) is 1. The summed E-state index contributed by atoms with van der Waals surface area (Å²) in [5, 5.41) is 3.39. The highest BCUT2D eigenvalue weighted by molar-refractivity contribution is 7.89. The Kier molecular flexibility index (Phi) is 6.19. The third-order valence-corrected chi connectivity index (χ3v) is 7.26. The van der Waals surface area contributed by atoms with E-state index in [2.05, 4.69) is 5.32 Å². The normalized spacial score (nSPS) is 18.2. The number of halogens is 1. The highest BCUT2D eigenvalue weighted by atomic mass is 35.5. The summed E-state index contributed by atoms with van der Waals surface area (Å²) in [6.45, 7) is 2.79. The summed E-state index contributed by atoms with van der Waals surface area (Å²) in [4.78, 5) is 12.6. The van der Waals surface area contributed by atoms with E-state index in [4.69, 9.17) is 11.6 Å². The van der Waals surface area contributed by atoms with Crippen LogP contribution in [0.3, 0.4) is 0 Å². The molecule has 1 heterocycles. The van der Waals surface area contributed by atoms with Crippen LogP contribution in [0.15, 0.2) is 53.4 Å². The van der Waals surface area contributed by atoms with E-state index in [1.807, 2.05) is 25.1 Å². The molecular weight excluding hydrogens is 384 g/mol. The molecular formula is C20H23ClN2O3S. The highest BCUT2D eigenvalue weighted by Gasteiger charge is 2.30. The van der Waals surface area contributed by atoms with Gasteiger partial charge in [0.05, 0.1) is 4.90 Å². The van der Waals surface area contributed by atoms with E-state index in [1.54, 1.807) is 22.5 Å². The van der Waals surface area contributed by atoms with Crippen molar-refractivity contribution in [3.05, 3.63) is 64.7 Å². The molecule has 5 nitrogen and oxygen atoms in total. The zero-order valence-electron chi connectivity index (χ0n) is 15.2. The average molecular weight is 407 g/mol. The molecule has 0 aliphatic carbocycles. The zero-order chi connectivity index (χ0) is 19.4. The monoisotopic (exact) mass is 406 g/mol. The van der Waals surface area contributed by atoms with Crippen LogP contribution in [0.1, 0.15) is 42.1 Å². The predicted octanol–water partition coefficient (Wildman–Crippen LogP) is 3.83. The fourth-order valence-electron chi connectivity index (χ4n) is 3.26. The predicted molar refractivity (Wildman–Crippen MR) is 106 cm³/mol. The van der Waals surface area contributed by atoms with Crippen LogP contribution >= 0.6 is 11.6 Å². The van der Waals surface area contributed by atoms with Crippen molar-refractivity contribution in [2.75, 3.05) is 6.54 Å². The number of amides is 1. The van der Waals surface area contributed by atoms with Crippen LogP contribution in [-0.4, -0.2) is 31.2 Å². The van der Waals surface area contributed by atoms with Crippen molar-refractivity contribution in [1.82, 2.24) is 9.62 Å². The molecule has 1 N–H and O–H groups in total. The van der Waals surface area contributed by atoms with Crippen LogP contribution in [0.4, 0.5) is 0 Å². The van der Waals surface area contributed by atoms with Gasteiger partial charge in [-0.2, -0.15) is 4.31 Å². The van der Waals surface area contributed by atoms with Crippen molar-refractivity contribution in [2.24, 2.45) is 0 Å². The summed E-state index contributed by atoms with van der Waals surface area (Å²) in [7, 11) is -3.53. The molecule has 0 bridgehead atoms. The van der Waals surface area contributed by atoms with Gasteiger partial charge < -0.3 is 5.32 Å². The molecule has 7 heteroatoms. The first-order valence-corrected chi connectivity index (χ1v) is 10.8. The molecule has 1 atom stereocenters. The summed E-state index contributed by atoms with van der Waals surface area (Å²) >= 11 is 6.09. The fraction of sp³-hybridized carbons (Fsp3) is 0.350. The Hall–Kier alpha value is -1.89. The zero-order valence-corrected chi connectivity index (χ0v) is 16.8. The second-order valence-electron chi connectivity index (χ2n) is 6.76. The Morgan fingerprint density at radius 3 is 2.52 bits per heavy atom. The SMILES string of the molecule is CC1CCCCN1S(=O)(=O)c1ccc(C(=O)NCc2ccccc2Cl)cc1. The Morgan fingerprint density at radius 2 is 1.85 bits per heavy atom. The lowest BCUT2D eigenvalue weighted by Gasteiger charge is -2.32. The topological polar surface area (TPSA) is 66.5 Å². The summed E-state index contributed by atoms with van der Waals surface area (Å²) in [6, 6.07) is 13.4. The van der Waals surface area contributed by atoms with E-state index in [0.717, 1.165) is 24.8 Å². The molecule has 1 unspecified atom stereocenters. The molecule has 0 saturated carbocycles. The number of piperidine rings is 1. The van der Waals surface area contributed by atoms with Crippen molar-refractivity contribution in [1.29, 1.82) is 0 Å². The number of benzene rings is 2. The summed E-state index contributed by atoms with van der Waals surface area (Å²) in [5.41, 5.74) is 1.23. The average Bonchev–Trinajstić information content (AvgIpc) is 2.67. The van der Waals surface area contributed by atoms with E-state index in [-0.39, 0.29) is 16.8 Å². The number of rotatable bonds is 5. The van der Waals surface area contributed by atoms with Gasteiger partial charge in [-0.25, -0.2) is 8.42 Å². The smallest absolute Gasteiger partial charge is 0.251 e. The van der Waals surface area contributed by atoms with Gasteiger partial charge in [-0.3, -0.25) is 4.79 Å². The number of carbonyl (C=O) groups is 1. The van der Waals surface area contributed by atoms with E-state index in [9.17, 15) is 13.2 Å². The molecule has 1 fully saturated rings. The van der Waals surface area contributed by atoms with Crippen LogP contribution in [0.2, 0.25) is 5.02 Å². The summed E-state index contributed by atoms with van der Waals surface area (Å²) in [5.74, 6) is -0.273. The van der Waals surface area contributed by atoms with Crippen LogP contribution in [-0.2, 0) is 16.6 Å². The number of carbonyl (C=O) groups excluding carboxylic acids is 1. The van der Waals surface area contributed by atoms with Gasteiger partial charge >= 0.3 is 0 Å². The fourth-order valence-corrected chi connectivity index (χ4v) is 5.16. The van der Waals surface area contributed by atoms with Crippen molar-refractivity contribution in [3.63, 3.8) is 0 Å². The van der Waals surface area contributed by atoms with E-state index < -0.39 is 10.0 Å². The van der Waals surface area contributed by atoms with Gasteiger partial charge in [-0.15, -0.1) is 0 Å². The summed E-state index contributed by atoms with van der Waals surface area (Å²) in [6.07, 6.45) is 2.81. The van der Waals surface area contributed by atoms with Crippen LogP contribution in [0.25, 0.3) is 0 Å². The highest BCUT2D eigenvalue weighted by Crippen LogP contribution is 2.25. The van der Waals surface area contributed by atoms with E-state index in [0.29, 0.717) is 23.7 Å².